The molecule has 0 aliphatic heterocycles. The summed E-state index contributed by atoms with van der Waals surface area (Å²) in [5.41, 5.74) is 4.45. The van der Waals surface area contributed by atoms with Crippen LogP contribution in [0, 0.1) is 5.41 Å². The number of rotatable bonds is 4. The molecule has 1 aliphatic rings. The Balaban J connectivity index is 1.54. The summed E-state index contributed by atoms with van der Waals surface area (Å²) in [5, 5.41) is 15.7. The number of nitrogens with two attached hydrogens (primary N) is 1. The van der Waals surface area contributed by atoms with Gasteiger partial charge in [-0.3, -0.25) is 5.41 Å². The van der Waals surface area contributed by atoms with E-state index in [-0.39, 0.29) is 5.84 Å². The van der Waals surface area contributed by atoms with Gasteiger partial charge in [-0.05, 0) is 41.8 Å². The SMILES string of the molecule is N=C(N=NN)c1ccc2c(ccn2Cc2ccc(C3C=CC=CC3)cc2)c1. The molecular weight excluding hydrogens is 334 g/mol. The standard InChI is InChI=1S/C22H21N5/c23-22(25-26-24)20-10-11-21-19(14-20)12-13-27(21)15-16-6-8-18(9-7-16)17-4-2-1-3-5-17/h1-4,6-14,17H,5,15H2,(H3,23,24,25). The third-order valence-corrected chi connectivity index (χ3v) is 4.94. The van der Waals surface area contributed by atoms with Gasteiger partial charge < -0.3 is 10.4 Å². The monoisotopic (exact) mass is 355 g/mol. The first-order chi connectivity index (χ1) is 13.2. The van der Waals surface area contributed by atoms with E-state index in [1.165, 1.54) is 11.1 Å². The second-order valence-electron chi connectivity index (χ2n) is 6.68. The zero-order chi connectivity index (χ0) is 18.6. The molecule has 1 unspecified atom stereocenters. The zero-order valence-electron chi connectivity index (χ0n) is 14.9. The van der Waals surface area contributed by atoms with Crippen molar-refractivity contribution >= 4 is 16.7 Å². The van der Waals surface area contributed by atoms with Crippen LogP contribution in [0.25, 0.3) is 10.9 Å². The predicted octanol–water partition coefficient (Wildman–Crippen LogP) is 4.94. The number of hydrogen-bond donors (Lipinski definition) is 2. The van der Waals surface area contributed by atoms with Crippen molar-refractivity contribution in [2.45, 2.75) is 18.9 Å². The van der Waals surface area contributed by atoms with Crippen molar-refractivity contribution in [3.63, 3.8) is 0 Å². The summed E-state index contributed by atoms with van der Waals surface area (Å²) < 4.78 is 2.21. The Morgan fingerprint density at radius 3 is 2.70 bits per heavy atom. The van der Waals surface area contributed by atoms with Gasteiger partial charge in [0.15, 0.2) is 5.84 Å². The number of nitrogens with one attached hydrogen (secondary N) is 1. The summed E-state index contributed by atoms with van der Waals surface area (Å²) in [7, 11) is 0. The fourth-order valence-electron chi connectivity index (χ4n) is 3.50. The van der Waals surface area contributed by atoms with E-state index in [2.05, 4.69) is 75.7 Å². The molecule has 0 amide bonds. The van der Waals surface area contributed by atoms with Crippen LogP contribution in [-0.4, -0.2) is 10.4 Å². The molecule has 0 fully saturated rings. The molecule has 3 N–H and O–H groups in total. The molecule has 0 radical (unpaired) electrons. The van der Waals surface area contributed by atoms with Gasteiger partial charge in [0, 0.05) is 35.1 Å². The second kappa shape index (κ2) is 7.41. The van der Waals surface area contributed by atoms with Gasteiger partial charge >= 0.3 is 0 Å². The average molecular weight is 355 g/mol. The highest BCUT2D eigenvalue weighted by Crippen LogP contribution is 2.25. The van der Waals surface area contributed by atoms with Crippen LogP contribution < -0.4 is 5.84 Å². The predicted molar refractivity (Wildman–Crippen MR) is 109 cm³/mol. The Hall–Kier alpha value is -3.47. The number of benzene rings is 2. The molecule has 2 aromatic carbocycles. The summed E-state index contributed by atoms with van der Waals surface area (Å²) in [4.78, 5) is 0. The number of fused-ring (bicyclic) bond motifs is 1. The first-order valence-corrected chi connectivity index (χ1v) is 8.95. The van der Waals surface area contributed by atoms with Gasteiger partial charge in [0.2, 0.25) is 0 Å². The maximum absolute atomic E-state index is 7.84. The van der Waals surface area contributed by atoms with E-state index in [1.54, 1.807) is 0 Å². The molecule has 27 heavy (non-hydrogen) atoms. The molecule has 1 heterocycles. The number of allylic oxidation sites excluding steroid dienone is 4. The van der Waals surface area contributed by atoms with E-state index in [0.717, 1.165) is 23.9 Å². The Morgan fingerprint density at radius 2 is 1.96 bits per heavy atom. The summed E-state index contributed by atoms with van der Waals surface area (Å²) >= 11 is 0. The largest absolute Gasteiger partial charge is 0.343 e. The molecule has 1 atom stereocenters. The van der Waals surface area contributed by atoms with Crippen molar-refractivity contribution in [2.75, 3.05) is 0 Å². The maximum Gasteiger partial charge on any atom is 0.176 e. The molecule has 0 saturated carbocycles. The molecule has 5 nitrogen and oxygen atoms in total. The normalized spacial score (nSPS) is 16.4. The van der Waals surface area contributed by atoms with Crippen LogP contribution in [0.5, 0.6) is 0 Å². The van der Waals surface area contributed by atoms with E-state index >= 15 is 0 Å². The van der Waals surface area contributed by atoms with Gasteiger partial charge in [0.25, 0.3) is 0 Å². The van der Waals surface area contributed by atoms with Crippen LogP contribution in [0.2, 0.25) is 0 Å². The number of nitrogens with zero attached hydrogens (tertiary/aromatic N) is 3. The third-order valence-electron chi connectivity index (χ3n) is 4.94. The van der Waals surface area contributed by atoms with Crippen LogP contribution in [0.15, 0.2) is 89.4 Å². The molecule has 5 heteroatoms. The van der Waals surface area contributed by atoms with Crippen molar-refractivity contribution in [2.24, 2.45) is 16.2 Å². The molecule has 134 valence electrons. The topological polar surface area (TPSA) is 79.5 Å². The lowest BCUT2D eigenvalue weighted by Crippen LogP contribution is -2.00. The van der Waals surface area contributed by atoms with E-state index in [4.69, 9.17) is 11.3 Å². The van der Waals surface area contributed by atoms with Gasteiger partial charge in [0.1, 0.15) is 0 Å². The number of aromatic nitrogens is 1. The van der Waals surface area contributed by atoms with Gasteiger partial charge in [-0.25, -0.2) is 0 Å². The first kappa shape index (κ1) is 17.0. The van der Waals surface area contributed by atoms with Gasteiger partial charge in [0.05, 0.1) is 0 Å². The molecular formula is C22H21N5. The molecule has 0 bridgehead atoms. The van der Waals surface area contributed by atoms with E-state index in [0.29, 0.717) is 11.5 Å². The summed E-state index contributed by atoms with van der Waals surface area (Å²) in [5.74, 6) is 5.58. The second-order valence-corrected chi connectivity index (χ2v) is 6.68. The number of amidine groups is 1. The van der Waals surface area contributed by atoms with Crippen molar-refractivity contribution < 1.29 is 0 Å². The average Bonchev–Trinajstić information content (AvgIpc) is 3.11. The lowest BCUT2D eigenvalue weighted by molar-refractivity contribution is 0.827. The molecule has 0 saturated heterocycles. The smallest absolute Gasteiger partial charge is 0.176 e. The molecule has 1 aromatic heterocycles. The summed E-state index contributed by atoms with van der Waals surface area (Å²) in [6.45, 7) is 0.809. The van der Waals surface area contributed by atoms with Crippen LogP contribution >= 0.6 is 0 Å². The van der Waals surface area contributed by atoms with Gasteiger partial charge in [-0.2, -0.15) is 0 Å². The van der Waals surface area contributed by atoms with Crippen LogP contribution in [0.4, 0.5) is 0 Å². The molecule has 4 rings (SSSR count). The molecule has 1 aliphatic carbocycles. The lowest BCUT2D eigenvalue weighted by atomic mass is 9.92. The third kappa shape index (κ3) is 3.58. The molecule has 0 spiro atoms. The minimum Gasteiger partial charge on any atom is -0.343 e. The van der Waals surface area contributed by atoms with Crippen molar-refractivity contribution in [1.29, 1.82) is 5.41 Å². The Morgan fingerprint density at radius 1 is 1.11 bits per heavy atom. The molecule has 3 aromatic rings. The van der Waals surface area contributed by atoms with Crippen LogP contribution in [0.3, 0.4) is 0 Å². The Kier molecular flexibility index (Phi) is 4.66. The van der Waals surface area contributed by atoms with Gasteiger partial charge in [-0.15, -0.1) is 5.11 Å². The van der Waals surface area contributed by atoms with E-state index in [9.17, 15) is 0 Å². The van der Waals surface area contributed by atoms with Crippen LogP contribution in [0.1, 0.15) is 29.0 Å². The fraction of sp³-hybridized carbons (Fsp3) is 0.136. The summed E-state index contributed by atoms with van der Waals surface area (Å²) in [6, 6.07) is 16.8. The number of hydrogen-bond acceptors (Lipinski definition) is 2. The first-order valence-electron chi connectivity index (χ1n) is 8.95. The summed E-state index contributed by atoms with van der Waals surface area (Å²) in [6.07, 6.45) is 11.8. The van der Waals surface area contributed by atoms with Crippen LogP contribution in [-0.2, 0) is 6.54 Å². The highest BCUT2D eigenvalue weighted by atomic mass is 15.3. The van der Waals surface area contributed by atoms with Crippen molar-refractivity contribution in [1.82, 2.24) is 4.57 Å². The minimum atomic E-state index is 0.0642. The van der Waals surface area contributed by atoms with E-state index < -0.39 is 0 Å². The Bertz CT molecular complexity index is 1050. The fourth-order valence-corrected chi connectivity index (χ4v) is 3.50. The highest BCUT2D eigenvalue weighted by molar-refractivity contribution is 6.00. The zero-order valence-corrected chi connectivity index (χ0v) is 14.9. The van der Waals surface area contributed by atoms with Gasteiger partial charge in [-0.1, -0.05) is 53.8 Å². The van der Waals surface area contributed by atoms with E-state index in [1.807, 2.05) is 18.2 Å². The highest BCUT2D eigenvalue weighted by Gasteiger charge is 2.09. The van der Waals surface area contributed by atoms with Crippen molar-refractivity contribution in [3.05, 3.63) is 95.7 Å². The Labute approximate surface area is 158 Å². The lowest BCUT2D eigenvalue weighted by Gasteiger charge is -2.14. The maximum atomic E-state index is 7.84. The minimum absolute atomic E-state index is 0.0642. The quantitative estimate of drug-likeness (QED) is 0.224. The van der Waals surface area contributed by atoms with Crippen molar-refractivity contribution in [3.8, 4) is 0 Å².